The summed E-state index contributed by atoms with van der Waals surface area (Å²) in [5.41, 5.74) is 7.29. The van der Waals surface area contributed by atoms with Gasteiger partial charge in [-0.05, 0) is 35.9 Å². The van der Waals surface area contributed by atoms with Gasteiger partial charge >= 0.3 is 5.97 Å². The van der Waals surface area contributed by atoms with Crippen LogP contribution in [0.25, 0.3) is 11.1 Å². The highest BCUT2D eigenvalue weighted by Crippen LogP contribution is 2.33. The number of methoxy groups -OCH3 is 1. The van der Waals surface area contributed by atoms with E-state index in [9.17, 15) is 4.79 Å². The standard InChI is InChI=1S/C16H15Cl2NO3/c1-21-16(20)11-6-10(7-13(8-11)22-5-4-19)14-3-2-12(17)9-15(14)18/h2-3,6-9H,4-5,19H2,1H3. The van der Waals surface area contributed by atoms with Gasteiger partial charge < -0.3 is 15.2 Å². The van der Waals surface area contributed by atoms with Crippen molar-refractivity contribution in [3.63, 3.8) is 0 Å². The van der Waals surface area contributed by atoms with Crippen molar-refractivity contribution in [2.24, 2.45) is 5.73 Å². The van der Waals surface area contributed by atoms with E-state index in [-0.39, 0.29) is 0 Å². The number of nitrogens with two attached hydrogens (primary N) is 1. The molecule has 2 aromatic carbocycles. The predicted octanol–water partition coefficient (Wildman–Crippen LogP) is 3.78. The number of ether oxygens (including phenoxy) is 2. The van der Waals surface area contributed by atoms with E-state index in [2.05, 4.69) is 0 Å². The monoisotopic (exact) mass is 339 g/mol. The van der Waals surface area contributed by atoms with Gasteiger partial charge in [-0.15, -0.1) is 0 Å². The molecule has 0 saturated heterocycles. The van der Waals surface area contributed by atoms with Crippen molar-refractivity contribution >= 4 is 29.2 Å². The lowest BCUT2D eigenvalue weighted by Gasteiger charge is -2.11. The molecule has 0 atom stereocenters. The highest BCUT2D eigenvalue weighted by Gasteiger charge is 2.13. The van der Waals surface area contributed by atoms with Gasteiger partial charge in [0.1, 0.15) is 12.4 Å². The van der Waals surface area contributed by atoms with E-state index in [0.717, 1.165) is 11.1 Å². The van der Waals surface area contributed by atoms with Gasteiger partial charge in [-0.2, -0.15) is 0 Å². The van der Waals surface area contributed by atoms with Gasteiger partial charge in [0.2, 0.25) is 0 Å². The van der Waals surface area contributed by atoms with Gasteiger partial charge in [-0.1, -0.05) is 29.3 Å². The number of hydrogen-bond acceptors (Lipinski definition) is 4. The first-order chi connectivity index (χ1) is 10.5. The second-order valence-corrected chi connectivity index (χ2v) is 5.34. The van der Waals surface area contributed by atoms with E-state index in [0.29, 0.717) is 34.5 Å². The van der Waals surface area contributed by atoms with Gasteiger partial charge in [0.15, 0.2) is 0 Å². The maximum Gasteiger partial charge on any atom is 0.338 e. The molecule has 0 aliphatic heterocycles. The van der Waals surface area contributed by atoms with E-state index in [1.807, 2.05) is 0 Å². The molecule has 0 radical (unpaired) electrons. The van der Waals surface area contributed by atoms with Crippen LogP contribution in [0.1, 0.15) is 10.4 Å². The van der Waals surface area contributed by atoms with Crippen molar-refractivity contribution in [1.29, 1.82) is 0 Å². The van der Waals surface area contributed by atoms with Crippen LogP contribution in [0.15, 0.2) is 36.4 Å². The smallest absolute Gasteiger partial charge is 0.338 e. The molecule has 0 heterocycles. The van der Waals surface area contributed by atoms with Crippen LogP contribution in [-0.2, 0) is 4.74 Å². The Hall–Kier alpha value is -1.75. The summed E-state index contributed by atoms with van der Waals surface area (Å²) in [6.07, 6.45) is 0. The van der Waals surface area contributed by atoms with E-state index in [4.69, 9.17) is 38.4 Å². The van der Waals surface area contributed by atoms with Gasteiger partial charge in [-0.3, -0.25) is 0 Å². The first kappa shape index (κ1) is 16.6. The third kappa shape index (κ3) is 3.91. The first-order valence-corrected chi connectivity index (χ1v) is 7.32. The molecule has 0 aromatic heterocycles. The van der Waals surface area contributed by atoms with E-state index < -0.39 is 5.97 Å². The summed E-state index contributed by atoms with van der Waals surface area (Å²) in [7, 11) is 1.32. The Bertz CT molecular complexity index is 689. The number of halogens is 2. The van der Waals surface area contributed by atoms with Crippen molar-refractivity contribution in [1.82, 2.24) is 0 Å². The van der Waals surface area contributed by atoms with Gasteiger partial charge in [0, 0.05) is 22.2 Å². The quantitative estimate of drug-likeness (QED) is 0.842. The molecule has 4 nitrogen and oxygen atoms in total. The fraction of sp³-hybridized carbons (Fsp3) is 0.188. The minimum atomic E-state index is -0.454. The maximum absolute atomic E-state index is 11.8. The zero-order chi connectivity index (χ0) is 16.1. The number of esters is 1. The Morgan fingerprint density at radius 1 is 1.18 bits per heavy atom. The zero-order valence-corrected chi connectivity index (χ0v) is 13.4. The molecule has 6 heteroatoms. The third-order valence-corrected chi connectivity index (χ3v) is 3.50. The molecule has 2 N–H and O–H groups in total. The topological polar surface area (TPSA) is 61.5 Å². The lowest BCUT2D eigenvalue weighted by molar-refractivity contribution is 0.0600. The Morgan fingerprint density at radius 3 is 2.59 bits per heavy atom. The first-order valence-electron chi connectivity index (χ1n) is 6.57. The Balaban J connectivity index is 2.51. The van der Waals surface area contributed by atoms with Crippen molar-refractivity contribution < 1.29 is 14.3 Å². The normalized spacial score (nSPS) is 10.4. The van der Waals surface area contributed by atoms with Gasteiger partial charge in [0.05, 0.1) is 12.7 Å². The molecular formula is C16H15Cl2NO3. The molecule has 0 fully saturated rings. The summed E-state index contributed by atoms with van der Waals surface area (Å²) in [5.74, 6) is 0.0684. The van der Waals surface area contributed by atoms with Crippen LogP contribution in [0.2, 0.25) is 10.0 Å². The fourth-order valence-electron chi connectivity index (χ4n) is 1.97. The number of carbonyl (C=O) groups is 1. The molecule has 0 aliphatic carbocycles. The van der Waals surface area contributed by atoms with Crippen molar-refractivity contribution in [2.45, 2.75) is 0 Å². The number of rotatable bonds is 5. The Morgan fingerprint density at radius 2 is 1.95 bits per heavy atom. The second-order valence-electron chi connectivity index (χ2n) is 4.50. The van der Waals surface area contributed by atoms with Crippen LogP contribution >= 0.6 is 23.2 Å². The molecule has 0 bridgehead atoms. The predicted molar refractivity (Wildman–Crippen MR) is 87.8 cm³/mol. The molecule has 0 spiro atoms. The highest BCUT2D eigenvalue weighted by atomic mass is 35.5. The summed E-state index contributed by atoms with van der Waals surface area (Å²) < 4.78 is 10.3. The largest absolute Gasteiger partial charge is 0.492 e. The van der Waals surface area contributed by atoms with Gasteiger partial charge in [-0.25, -0.2) is 4.79 Å². The van der Waals surface area contributed by atoms with Gasteiger partial charge in [0.25, 0.3) is 0 Å². The van der Waals surface area contributed by atoms with Crippen LogP contribution in [0.5, 0.6) is 5.75 Å². The highest BCUT2D eigenvalue weighted by molar-refractivity contribution is 6.36. The summed E-state index contributed by atoms with van der Waals surface area (Å²) in [6.45, 7) is 0.720. The maximum atomic E-state index is 11.8. The minimum Gasteiger partial charge on any atom is -0.492 e. The summed E-state index contributed by atoms with van der Waals surface area (Å²) in [5, 5.41) is 1.02. The lowest BCUT2D eigenvalue weighted by atomic mass is 10.0. The summed E-state index contributed by atoms with van der Waals surface area (Å²) in [6, 6.07) is 10.2. The molecule has 0 amide bonds. The average Bonchev–Trinajstić information content (AvgIpc) is 2.51. The van der Waals surface area contributed by atoms with Crippen molar-refractivity contribution in [2.75, 3.05) is 20.3 Å². The SMILES string of the molecule is COC(=O)c1cc(OCCN)cc(-c2ccc(Cl)cc2Cl)c1. The van der Waals surface area contributed by atoms with Crippen LogP contribution < -0.4 is 10.5 Å². The fourth-order valence-corrected chi connectivity index (χ4v) is 2.49. The lowest BCUT2D eigenvalue weighted by Crippen LogP contribution is -2.11. The Kier molecular flexibility index (Phi) is 5.66. The molecule has 0 aliphatic rings. The van der Waals surface area contributed by atoms with Crippen LogP contribution in [-0.4, -0.2) is 26.2 Å². The molecule has 0 unspecified atom stereocenters. The third-order valence-electron chi connectivity index (χ3n) is 2.96. The molecule has 116 valence electrons. The molecule has 2 rings (SSSR count). The zero-order valence-electron chi connectivity index (χ0n) is 11.9. The van der Waals surface area contributed by atoms with Crippen molar-refractivity contribution in [3.8, 4) is 16.9 Å². The number of benzene rings is 2. The minimum absolute atomic E-state index is 0.346. The molecule has 22 heavy (non-hydrogen) atoms. The summed E-state index contributed by atoms with van der Waals surface area (Å²) in [4.78, 5) is 11.8. The van der Waals surface area contributed by atoms with E-state index in [1.54, 1.807) is 36.4 Å². The molecule has 0 saturated carbocycles. The molecular weight excluding hydrogens is 325 g/mol. The van der Waals surface area contributed by atoms with E-state index in [1.165, 1.54) is 7.11 Å². The van der Waals surface area contributed by atoms with E-state index >= 15 is 0 Å². The number of hydrogen-bond donors (Lipinski definition) is 1. The van der Waals surface area contributed by atoms with Crippen LogP contribution in [0.4, 0.5) is 0 Å². The molecule has 2 aromatic rings. The van der Waals surface area contributed by atoms with Crippen LogP contribution in [0, 0.1) is 0 Å². The van der Waals surface area contributed by atoms with Crippen molar-refractivity contribution in [3.05, 3.63) is 52.0 Å². The average molecular weight is 340 g/mol. The Labute approximate surface area is 138 Å². The number of carbonyl (C=O) groups excluding carboxylic acids is 1. The second kappa shape index (κ2) is 7.49. The summed E-state index contributed by atoms with van der Waals surface area (Å²) >= 11 is 12.1. The van der Waals surface area contributed by atoms with Crippen LogP contribution in [0.3, 0.4) is 0 Å².